The van der Waals surface area contributed by atoms with Crippen molar-refractivity contribution in [1.29, 1.82) is 0 Å². The first kappa shape index (κ1) is 13.5. The van der Waals surface area contributed by atoms with Crippen LogP contribution in [-0.2, 0) is 22.5 Å². The van der Waals surface area contributed by atoms with Crippen molar-refractivity contribution in [2.24, 2.45) is 0 Å². The molecular formula is C13H15N3O2S2. The summed E-state index contributed by atoms with van der Waals surface area (Å²) < 4.78 is 5.11. The molecule has 1 aliphatic carbocycles. The van der Waals surface area contributed by atoms with Crippen LogP contribution in [0.2, 0.25) is 0 Å². The van der Waals surface area contributed by atoms with E-state index in [1.165, 1.54) is 4.88 Å². The standard InChI is InChI=1S/C13H15N3O2S2/c1-2-18-12(17)8-3-4-9-11(8)16-13(20-9)15-7-10-14-5-6-19-10/h5-6,8H,2-4,7H2,1H3,(H,15,16). The van der Waals surface area contributed by atoms with Gasteiger partial charge in [0.2, 0.25) is 0 Å². The minimum atomic E-state index is -0.184. The Balaban J connectivity index is 1.68. The van der Waals surface area contributed by atoms with Crippen LogP contribution in [0.4, 0.5) is 5.13 Å². The Morgan fingerprint density at radius 1 is 1.60 bits per heavy atom. The summed E-state index contributed by atoms with van der Waals surface area (Å²) in [5.41, 5.74) is 0.898. The van der Waals surface area contributed by atoms with Crippen LogP contribution in [0.25, 0.3) is 0 Å². The van der Waals surface area contributed by atoms with Crippen LogP contribution in [0.15, 0.2) is 11.6 Å². The van der Waals surface area contributed by atoms with Crippen molar-refractivity contribution in [3.8, 4) is 0 Å². The van der Waals surface area contributed by atoms with Gasteiger partial charge < -0.3 is 10.1 Å². The molecule has 1 N–H and O–H groups in total. The number of esters is 1. The number of hydrogen-bond acceptors (Lipinski definition) is 7. The zero-order valence-corrected chi connectivity index (χ0v) is 12.7. The molecule has 2 aromatic rings. The number of anilines is 1. The summed E-state index contributed by atoms with van der Waals surface area (Å²) >= 11 is 3.24. The molecule has 1 unspecified atom stereocenters. The van der Waals surface area contributed by atoms with Crippen molar-refractivity contribution in [3.05, 3.63) is 27.2 Å². The molecular weight excluding hydrogens is 294 g/mol. The molecule has 0 spiro atoms. The minimum Gasteiger partial charge on any atom is -0.465 e. The summed E-state index contributed by atoms with van der Waals surface area (Å²) in [6.07, 6.45) is 3.52. The molecule has 1 aliphatic rings. The van der Waals surface area contributed by atoms with Crippen LogP contribution in [0.1, 0.15) is 34.8 Å². The Hall–Kier alpha value is -1.47. The largest absolute Gasteiger partial charge is 0.465 e. The average molecular weight is 309 g/mol. The van der Waals surface area contributed by atoms with E-state index in [1.54, 1.807) is 28.9 Å². The number of aromatic nitrogens is 2. The Bertz CT molecular complexity index is 595. The van der Waals surface area contributed by atoms with Gasteiger partial charge in [0.05, 0.1) is 18.8 Å². The van der Waals surface area contributed by atoms with Gasteiger partial charge in [-0.25, -0.2) is 9.97 Å². The molecule has 2 aromatic heterocycles. The maximum atomic E-state index is 11.9. The van der Waals surface area contributed by atoms with E-state index in [9.17, 15) is 4.79 Å². The lowest BCUT2D eigenvalue weighted by Crippen LogP contribution is -2.14. The topological polar surface area (TPSA) is 64.1 Å². The molecule has 0 fully saturated rings. The highest BCUT2D eigenvalue weighted by molar-refractivity contribution is 7.15. The third-order valence-corrected chi connectivity index (χ3v) is 5.03. The molecule has 1 atom stereocenters. The number of nitrogens with one attached hydrogen (secondary N) is 1. The third kappa shape index (κ3) is 2.69. The molecule has 0 radical (unpaired) electrons. The number of carbonyl (C=O) groups excluding carboxylic acids is 1. The van der Waals surface area contributed by atoms with Crippen LogP contribution in [-0.4, -0.2) is 22.5 Å². The fourth-order valence-electron chi connectivity index (χ4n) is 2.27. The first-order valence-electron chi connectivity index (χ1n) is 6.56. The predicted octanol–water partition coefficient (Wildman–Crippen LogP) is 2.80. The van der Waals surface area contributed by atoms with E-state index in [0.717, 1.165) is 28.7 Å². The van der Waals surface area contributed by atoms with Gasteiger partial charge in [0.25, 0.3) is 0 Å². The monoisotopic (exact) mass is 309 g/mol. The normalized spacial score (nSPS) is 16.9. The van der Waals surface area contributed by atoms with Gasteiger partial charge in [-0.05, 0) is 19.8 Å². The summed E-state index contributed by atoms with van der Waals surface area (Å²) in [4.78, 5) is 21.9. The lowest BCUT2D eigenvalue weighted by Gasteiger charge is -2.07. The summed E-state index contributed by atoms with van der Waals surface area (Å²) in [5.74, 6) is -0.334. The van der Waals surface area contributed by atoms with Crippen molar-refractivity contribution in [2.75, 3.05) is 11.9 Å². The maximum Gasteiger partial charge on any atom is 0.315 e. The highest BCUT2D eigenvalue weighted by Crippen LogP contribution is 2.39. The average Bonchev–Trinajstić information content (AvgIpc) is 3.13. The predicted molar refractivity (Wildman–Crippen MR) is 79.2 cm³/mol. The second-order valence-corrected chi connectivity index (χ2v) is 6.51. The third-order valence-electron chi connectivity index (χ3n) is 3.16. The molecule has 0 saturated carbocycles. The number of carbonyl (C=O) groups is 1. The van der Waals surface area contributed by atoms with Crippen molar-refractivity contribution in [3.63, 3.8) is 0 Å². The van der Waals surface area contributed by atoms with E-state index in [1.807, 2.05) is 12.3 Å². The summed E-state index contributed by atoms with van der Waals surface area (Å²) in [5, 5.41) is 7.12. The number of fused-ring (bicyclic) bond motifs is 1. The zero-order chi connectivity index (χ0) is 13.9. The van der Waals surface area contributed by atoms with Gasteiger partial charge in [0.15, 0.2) is 5.13 Å². The molecule has 0 saturated heterocycles. The molecule has 2 heterocycles. The van der Waals surface area contributed by atoms with E-state index in [2.05, 4.69) is 15.3 Å². The molecule has 0 aliphatic heterocycles. The smallest absolute Gasteiger partial charge is 0.315 e. The fraction of sp³-hybridized carbons (Fsp3) is 0.462. The fourth-order valence-corrected chi connectivity index (χ4v) is 3.86. The van der Waals surface area contributed by atoms with Gasteiger partial charge in [0.1, 0.15) is 10.9 Å². The molecule has 5 nitrogen and oxygen atoms in total. The maximum absolute atomic E-state index is 11.9. The molecule has 0 aromatic carbocycles. The number of hydrogen-bond donors (Lipinski definition) is 1. The molecule has 106 valence electrons. The molecule has 0 bridgehead atoms. The number of aryl methyl sites for hydroxylation is 1. The second-order valence-electron chi connectivity index (χ2n) is 4.45. The first-order valence-corrected chi connectivity index (χ1v) is 8.26. The van der Waals surface area contributed by atoms with Crippen molar-refractivity contribution in [2.45, 2.75) is 32.2 Å². The minimum absolute atomic E-state index is 0.150. The summed E-state index contributed by atoms with van der Waals surface area (Å²) in [6.45, 7) is 2.92. The second kappa shape index (κ2) is 5.88. The van der Waals surface area contributed by atoms with E-state index >= 15 is 0 Å². The molecule has 20 heavy (non-hydrogen) atoms. The zero-order valence-electron chi connectivity index (χ0n) is 11.1. The highest BCUT2D eigenvalue weighted by Gasteiger charge is 2.33. The highest BCUT2D eigenvalue weighted by atomic mass is 32.1. The Morgan fingerprint density at radius 3 is 3.25 bits per heavy atom. The quantitative estimate of drug-likeness (QED) is 0.860. The molecule has 7 heteroatoms. The van der Waals surface area contributed by atoms with E-state index in [-0.39, 0.29) is 11.9 Å². The Labute approximate surface area is 125 Å². The molecule has 3 rings (SSSR count). The Kier molecular flexibility index (Phi) is 3.98. The van der Waals surface area contributed by atoms with Crippen LogP contribution in [0.5, 0.6) is 0 Å². The van der Waals surface area contributed by atoms with Crippen molar-refractivity contribution < 1.29 is 9.53 Å². The summed E-state index contributed by atoms with van der Waals surface area (Å²) in [6, 6.07) is 0. The van der Waals surface area contributed by atoms with Crippen molar-refractivity contribution >= 4 is 33.8 Å². The molecule has 0 amide bonds. The lowest BCUT2D eigenvalue weighted by atomic mass is 10.1. The SMILES string of the molecule is CCOC(=O)C1CCc2sc(NCc3nccs3)nc21. The van der Waals surface area contributed by atoms with E-state index in [0.29, 0.717) is 13.2 Å². The van der Waals surface area contributed by atoms with Crippen LogP contribution in [0.3, 0.4) is 0 Å². The van der Waals surface area contributed by atoms with Gasteiger partial charge in [-0.15, -0.1) is 22.7 Å². The van der Waals surface area contributed by atoms with Gasteiger partial charge in [0, 0.05) is 16.5 Å². The number of ether oxygens (including phenoxy) is 1. The Morgan fingerprint density at radius 2 is 2.50 bits per heavy atom. The van der Waals surface area contributed by atoms with Crippen LogP contribution < -0.4 is 5.32 Å². The van der Waals surface area contributed by atoms with Gasteiger partial charge in [-0.2, -0.15) is 0 Å². The number of thiazole rings is 2. The van der Waals surface area contributed by atoms with Gasteiger partial charge in [-0.1, -0.05) is 0 Å². The van der Waals surface area contributed by atoms with Crippen molar-refractivity contribution in [1.82, 2.24) is 9.97 Å². The lowest BCUT2D eigenvalue weighted by molar-refractivity contribution is -0.145. The van der Waals surface area contributed by atoms with Gasteiger partial charge >= 0.3 is 5.97 Å². The van der Waals surface area contributed by atoms with E-state index in [4.69, 9.17) is 4.74 Å². The first-order chi connectivity index (χ1) is 9.78. The van der Waals surface area contributed by atoms with Gasteiger partial charge in [-0.3, -0.25) is 4.79 Å². The number of rotatable bonds is 5. The van der Waals surface area contributed by atoms with E-state index < -0.39 is 0 Å². The van der Waals surface area contributed by atoms with Crippen LogP contribution >= 0.6 is 22.7 Å². The summed E-state index contributed by atoms with van der Waals surface area (Å²) in [7, 11) is 0. The van der Waals surface area contributed by atoms with Crippen LogP contribution in [0, 0.1) is 0 Å². The number of nitrogens with zero attached hydrogens (tertiary/aromatic N) is 2.